The molecule has 1 heterocycles. The van der Waals surface area contributed by atoms with Crippen LogP contribution in [0.5, 0.6) is 0 Å². The lowest BCUT2D eigenvalue weighted by atomic mass is 10.0. The van der Waals surface area contributed by atoms with Gasteiger partial charge in [-0.05, 0) is 48.2 Å². The van der Waals surface area contributed by atoms with Crippen molar-refractivity contribution in [3.63, 3.8) is 0 Å². The molecule has 0 amide bonds. The molecular formula is C18H20N2O. The van der Waals surface area contributed by atoms with Crippen LogP contribution in [0.4, 0.5) is 5.69 Å². The minimum atomic E-state index is 0.531. The van der Waals surface area contributed by atoms with Crippen LogP contribution in [0.25, 0.3) is 22.6 Å². The first-order valence-electron chi connectivity index (χ1n) is 7.27. The highest BCUT2D eigenvalue weighted by Gasteiger charge is 2.11. The molecule has 1 aromatic heterocycles. The highest BCUT2D eigenvalue weighted by molar-refractivity contribution is 5.83. The van der Waals surface area contributed by atoms with Crippen molar-refractivity contribution in [3.05, 3.63) is 47.5 Å². The van der Waals surface area contributed by atoms with Crippen LogP contribution in [0.15, 0.2) is 40.8 Å². The predicted molar refractivity (Wildman–Crippen MR) is 87.8 cm³/mol. The second kappa shape index (κ2) is 5.24. The second-order valence-electron chi connectivity index (χ2n) is 5.69. The molecule has 1 N–H and O–H groups in total. The maximum absolute atomic E-state index is 5.95. The fourth-order valence-electron chi connectivity index (χ4n) is 2.48. The normalized spacial score (nSPS) is 11.3. The molecule has 0 atom stereocenters. The van der Waals surface area contributed by atoms with Gasteiger partial charge in [-0.1, -0.05) is 26.0 Å². The molecule has 108 valence electrons. The maximum atomic E-state index is 5.95. The summed E-state index contributed by atoms with van der Waals surface area (Å²) in [6, 6.07) is 12.5. The summed E-state index contributed by atoms with van der Waals surface area (Å²) < 4.78 is 5.95. The number of nitrogens with zero attached hydrogens (tertiary/aromatic N) is 1. The molecule has 3 heteroatoms. The molecule has 0 bridgehead atoms. The standard InChI is InChI=1S/C18H20N2O/c1-11(2)13-5-7-14(8-6-13)18-20-16-10-15(19-4)9-12(3)17(16)21-18/h5-11,19H,1-4H3. The van der Waals surface area contributed by atoms with E-state index in [1.807, 2.05) is 20.0 Å². The van der Waals surface area contributed by atoms with Crippen molar-refractivity contribution in [2.75, 3.05) is 12.4 Å². The van der Waals surface area contributed by atoms with Crippen LogP contribution < -0.4 is 5.32 Å². The van der Waals surface area contributed by atoms with Gasteiger partial charge in [-0.15, -0.1) is 0 Å². The minimum absolute atomic E-state index is 0.531. The molecule has 21 heavy (non-hydrogen) atoms. The topological polar surface area (TPSA) is 38.1 Å². The van der Waals surface area contributed by atoms with E-state index in [0.29, 0.717) is 11.8 Å². The molecule has 0 saturated carbocycles. The van der Waals surface area contributed by atoms with Gasteiger partial charge in [0.05, 0.1) is 0 Å². The number of aryl methyl sites for hydroxylation is 1. The third-order valence-corrected chi connectivity index (χ3v) is 3.79. The van der Waals surface area contributed by atoms with Crippen molar-refractivity contribution < 1.29 is 4.42 Å². The molecule has 0 unspecified atom stereocenters. The number of oxazole rings is 1. The quantitative estimate of drug-likeness (QED) is 0.736. The molecule has 3 aromatic rings. The van der Waals surface area contributed by atoms with Gasteiger partial charge in [0.15, 0.2) is 5.58 Å². The molecule has 0 aliphatic rings. The lowest BCUT2D eigenvalue weighted by molar-refractivity contribution is 0.617. The average Bonchev–Trinajstić information content (AvgIpc) is 2.91. The summed E-state index contributed by atoms with van der Waals surface area (Å²) in [6.45, 7) is 6.42. The molecule has 0 aliphatic heterocycles. The average molecular weight is 280 g/mol. The van der Waals surface area contributed by atoms with Gasteiger partial charge < -0.3 is 9.73 Å². The van der Waals surface area contributed by atoms with Crippen molar-refractivity contribution in [2.24, 2.45) is 0 Å². The van der Waals surface area contributed by atoms with Gasteiger partial charge in [0.25, 0.3) is 0 Å². The Morgan fingerprint density at radius 2 is 1.81 bits per heavy atom. The number of hydrogen-bond acceptors (Lipinski definition) is 3. The van der Waals surface area contributed by atoms with E-state index in [0.717, 1.165) is 27.9 Å². The van der Waals surface area contributed by atoms with Crippen molar-refractivity contribution in [1.29, 1.82) is 0 Å². The lowest BCUT2D eigenvalue weighted by Gasteiger charge is -2.04. The van der Waals surface area contributed by atoms with Crippen LogP contribution in [0.2, 0.25) is 0 Å². The summed E-state index contributed by atoms with van der Waals surface area (Å²) in [7, 11) is 1.91. The van der Waals surface area contributed by atoms with Crippen LogP contribution >= 0.6 is 0 Å². The Bertz CT molecular complexity index is 770. The first kappa shape index (κ1) is 13.7. The van der Waals surface area contributed by atoms with E-state index < -0.39 is 0 Å². The first-order chi connectivity index (χ1) is 10.1. The van der Waals surface area contributed by atoms with Crippen molar-refractivity contribution >= 4 is 16.8 Å². The van der Waals surface area contributed by atoms with Crippen molar-refractivity contribution in [2.45, 2.75) is 26.7 Å². The van der Waals surface area contributed by atoms with Gasteiger partial charge in [0.2, 0.25) is 5.89 Å². The molecule has 2 aromatic carbocycles. The first-order valence-corrected chi connectivity index (χ1v) is 7.27. The van der Waals surface area contributed by atoms with E-state index in [1.165, 1.54) is 5.56 Å². The highest BCUT2D eigenvalue weighted by atomic mass is 16.3. The van der Waals surface area contributed by atoms with Gasteiger partial charge in [-0.25, -0.2) is 4.98 Å². The molecule has 3 rings (SSSR count). The SMILES string of the molecule is CNc1cc(C)c2oc(-c3ccc(C(C)C)cc3)nc2c1. The van der Waals surface area contributed by atoms with E-state index in [9.17, 15) is 0 Å². The van der Waals surface area contributed by atoms with E-state index in [4.69, 9.17) is 4.42 Å². The molecule has 3 nitrogen and oxygen atoms in total. The van der Waals surface area contributed by atoms with Crippen LogP contribution in [0, 0.1) is 6.92 Å². The third kappa shape index (κ3) is 2.51. The Kier molecular flexibility index (Phi) is 3.42. The Morgan fingerprint density at radius 3 is 2.43 bits per heavy atom. The molecular weight excluding hydrogens is 260 g/mol. The van der Waals surface area contributed by atoms with Gasteiger partial charge in [-0.2, -0.15) is 0 Å². The highest BCUT2D eigenvalue weighted by Crippen LogP contribution is 2.29. The van der Waals surface area contributed by atoms with Gasteiger partial charge in [-0.3, -0.25) is 0 Å². The molecule has 0 saturated heterocycles. The van der Waals surface area contributed by atoms with E-state index >= 15 is 0 Å². The molecule has 0 radical (unpaired) electrons. The zero-order valence-corrected chi connectivity index (χ0v) is 12.9. The van der Waals surface area contributed by atoms with Crippen LogP contribution in [0.1, 0.15) is 30.9 Å². The summed E-state index contributed by atoms with van der Waals surface area (Å²) in [4.78, 5) is 4.62. The van der Waals surface area contributed by atoms with Gasteiger partial charge >= 0.3 is 0 Å². The number of aromatic nitrogens is 1. The number of hydrogen-bond donors (Lipinski definition) is 1. The van der Waals surface area contributed by atoms with Crippen LogP contribution in [0.3, 0.4) is 0 Å². The Labute approximate surface area is 125 Å². The molecule has 0 fully saturated rings. The summed E-state index contributed by atoms with van der Waals surface area (Å²) in [6.07, 6.45) is 0. The zero-order valence-electron chi connectivity index (χ0n) is 12.9. The summed E-state index contributed by atoms with van der Waals surface area (Å²) in [5.74, 6) is 1.21. The number of anilines is 1. The Morgan fingerprint density at radius 1 is 1.10 bits per heavy atom. The van der Waals surface area contributed by atoms with Crippen LogP contribution in [-0.4, -0.2) is 12.0 Å². The lowest BCUT2D eigenvalue weighted by Crippen LogP contribution is -1.88. The fraction of sp³-hybridized carbons (Fsp3) is 0.278. The predicted octanol–water partition coefficient (Wildman–Crippen LogP) is 4.97. The Hall–Kier alpha value is -2.29. The monoisotopic (exact) mass is 280 g/mol. The summed E-state index contributed by atoms with van der Waals surface area (Å²) in [5, 5.41) is 3.15. The van der Waals surface area contributed by atoms with E-state index in [2.05, 4.69) is 54.5 Å². The van der Waals surface area contributed by atoms with Gasteiger partial charge in [0.1, 0.15) is 5.52 Å². The fourth-order valence-corrected chi connectivity index (χ4v) is 2.48. The Balaban J connectivity index is 2.06. The van der Waals surface area contributed by atoms with E-state index in [1.54, 1.807) is 0 Å². The zero-order chi connectivity index (χ0) is 15.0. The van der Waals surface area contributed by atoms with E-state index in [-0.39, 0.29) is 0 Å². The van der Waals surface area contributed by atoms with Crippen molar-refractivity contribution in [1.82, 2.24) is 4.98 Å². The number of benzene rings is 2. The summed E-state index contributed by atoms with van der Waals surface area (Å²) >= 11 is 0. The number of rotatable bonds is 3. The summed E-state index contributed by atoms with van der Waals surface area (Å²) in [5.41, 5.74) is 6.23. The number of nitrogens with one attached hydrogen (secondary N) is 1. The molecule has 0 aliphatic carbocycles. The molecule has 0 spiro atoms. The van der Waals surface area contributed by atoms with Crippen molar-refractivity contribution in [3.8, 4) is 11.5 Å². The largest absolute Gasteiger partial charge is 0.436 e. The number of fused-ring (bicyclic) bond motifs is 1. The minimum Gasteiger partial charge on any atom is -0.436 e. The third-order valence-electron chi connectivity index (χ3n) is 3.79. The maximum Gasteiger partial charge on any atom is 0.227 e. The van der Waals surface area contributed by atoms with Crippen LogP contribution in [-0.2, 0) is 0 Å². The smallest absolute Gasteiger partial charge is 0.227 e. The van der Waals surface area contributed by atoms with Gasteiger partial charge in [0, 0.05) is 18.3 Å². The second-order valence-corrected chi connectivity index (χ2v) is 5.69.